The van der Waals surface area contributed by atoms with Crippen molar-refractivity contribution in [2.24, 2.45) is 11.8 Å². The zero-order valence-electron chi connectivity index (χ0n) is 19.1. The van der Waals surface area contributed by atoms with Gasteiger partial charge in [-0.1, -0.05) is 55.0 Å². The van der Waals surface area contributed by atoms with Crippen molar-refractivity contribution in [2.45, 2.75) is 44.1 Å². The third-order valence-electron chi connectivity index (χ3n) is 7.59. The van der Waals surface area contributed by atoms with Crippen LogP contribution >= 0.6 is 0 Å². The number of aliphatic carboxylic acids is 1. The largest absolute Gasteiger partial charge is 0.481 e. The Morgan fingerprint density at radius 3 is 2.21 bits per heavy atom. The third-order valence-corrected chi connectivity index (χ3v) is 7.59. The Balaban J connectivity index is 1.25. The van der Waals surface area contributed by atoms with E-state index >= 15 is 0 Å². The van der Waals surface area contributed by atoms with Gasteiger partial charge >= 0.3 is 12.1 Å². The maximum Gasteiger partial charge on any atom is 0.407 e. The van der Waals surface area contributed by atoms with Gasteiger partial charge in [0.1, 0.15) is 12.6 Å². The van der Waals surface area contributed by atoms with Crippen LogP contribution in [0.1, 0.15) is 49.1 Å². The molecule has 178 valence electrons. The summed E-state index contributed by atoms with van der Waals surface area (Å²) in [6.07, 6.45) is 3.40. The molecule has 2 aromatic rings. The first kappa shape index (κ1) is 22.4. The van der Waals surface area contributed by atoms with E-state index in [9.17, 15) is 19.5 Å². The Kier molecular flexibility index (Phi) is 6.26. The van der Waals surface area contributed by atoms with Crippen molar-refractivity contribution in [1.29, 1.82) is 0 Å². The van der Waals surface area contributed by atoms with Gasteiger partial charge in [-0.15, -0.1) is 0 Å². The molecule has 1 aliphatic heterocycles. The Morgan fingerprint density at radius 2 is 1.62 bits per heavy atom. The fraction of sp³-hybridized carbons (Fsp3) is 0.444. The molecule has 34 heavy (non-hydrogen) atoms. The average Bonchev–Trinajstić information content (AvgIpc) is 3.14. The lowest BCUT2D eigenvalue weighted by Crippen LogP contribution is -2.56. The maximum atomic E-state index is 13.3. The number of rotatable bonds is 6. The summed E-state index contributed by atoms with van der Waals surface area (Å²) < 4.78 is 5.67. The van der Waals surface area contributed by atoms with Crippen LogP contribution in [0, 0.1) is 11.8 Å². The van der Waals surface area contributed by atoms with Crippen molar-refractivity contribution in [1.82, 2.24) is 10.2 Å². The van der Waals surface area contributed by atoms with Crippen molar-refractivity contribution in [3.05, 3.63) is 59.7 Å². The van der Waals surface area contributed by atoms with Crippen molar-refractivity contribution in [3.8, 4) is 11.1 Å². The number of carboxylic acids is 1. The molecular weight excluding hydrogens is 432 g/mol. The number of nitrogens with one attached hydrogen (secondary N) is 1. The molecule has 2 N–H and O–H groups in total. The number of carbonyl (C=O) groups excluding carboxylic acids is 2. The molecule has 2 aromatic carbocycles. The van der Waals surface area contributed by atoms with Gasteiger partial charge in [-0.2, -0.15) is 0 Å². The first-order chi connectivity index (χ1) is 16.5. The van der Waals surface area contributed by atoms with Crippen molar-refractivity contribution < 1.29 is 24.2 Å². The highest BCUT2D eigenvalue weighted by Gasteiger charge is 2.39. The molecule has 3 aliphatic rings. The lowest BCUT2D eigenvalue weighted by molar-refractivity contribution is -0.146. The van der Waals surface area contributed by atoms with Crippen LogP contribution in [-0.2, 0) is 14.3 Å². The Labute approximate surface area is 199 Å². The number of carboxylic acid groups (broad SMARTS) is 1. The molecule has 1 unspecified atom stereocenters. The third kappa shape index (κ3) is 4.27. The minimum absolute atomic E-state index is 0.0468. The van der Waals surface area contributed by atoms with E-state index in [1.54, 1.807) is 4.90 Å². The van der Waals surface area contributed by atoms with Gasteiger partial charge in [0.25, 0.3) is 0 Å². The second-order valence-corrected chi connectivity index (χ2v) is 9.60. The van der Waals surface area contributed by atoms with E-state index in [4.69, 9.17) is 4.74 Å². The molecule has 0 aromatic heterocycles. The molecule has 1 heterocycles. The molecule has 7 heteroatoms. The molecule has 1 saturated heterocycles. The molecule has 0 bridgehead atoms. The van der Waals surface area contributed by atoms with Crippen LogP contribution in [-0.4, -0.2) is 53.7 Å². The van der Waals surface area contributed by atoms with Gasteiger partial charge in [-0.3, -0.25) is 9.59 Å². The van der Waals surface area contributed by atoms with Crippen molar-refractivity contribution >= 4 is 18.0 Å². The fourth-order valence-electron chi connectivity index (χ4n) is 5.50. The number of amides is 2. The summed E-state index contributed by atoms with van der Waals surface area (Å²) in [6, 6.07) is 15.6. The average molecular weight is 463 g/mol. The van der Waals surface area contributed by atoms with Crippen LogP contribution < -0.4 is 5.32 Å². The summed E-state index contributed by atoms with van der Waals surface area (Å²) in [6.45, 7) is 0.915. The van der Waals surface area contributed by atoms with Gasteiger partial charge < -0.3 is 20.1 Å². The smallest absolute Gasteiger partial charge is 0.407 e. The molecule has 5 rings (SSSR count). The number of ether oxygens (including phenoxy) is 1. The van der Waals surface area contributed by atoms with Crippen LogP contribution in [0.4, 0.5) is 4.79 Å². The van der Waals surface area contributed by atoms with E-state index < -0.39 is 24.0 Å². The lowest BCUT2D eigenvalue weighted by atomic mass is 9.79. The molecule has 0 radical (unpaired) electrons. The number of carbonyl (C=O) groups is 3. The van der Waals surface area contributed by atoms with Gasteiger partial charge in [0.05, 0.1) is 5.92 Å². The number of hydrogen-bond acceptors (Lipinski definition) is 4. The number of alkyl carbamates (subject to hydrolysis) is 1. The first-order valence-corrected chi connectivity index (χ1v) is 12.2. The SMILES string of the molecule is O=C(NC(C(=O)N1CCC[C@@H](C(=O)O)C1)C1CCC1)OCC1c2ccccc2-c2ccccc21. The van der Waals surface area contributed by atoms with E-state index in [1.165, 1.54) is 0 Å². The summed E-state index contributed by atoms with van der Waals surface area (Å²) in [7, 11) is 0. The van der Waals surface area contributed by atoms with Crippen LogP contribution in [0.15, 0.2) is 48.5 Å². The Morgan fingerprint density at radius 1 is 0.971 bits per heavy atom. The molecule has 1 saturated carbocycles. The number of benzene rings is 2. The number of fused-ring (bicyclic) bond motifs is 3. The maximum absolute atomic E-state index is 13.3. The van der Waals surface area contributed by atoms with E-state index in [-0.39, 0.29) is 30.9 Å². The number of nitrogens with zero attached hydrogens (tertiary/aromatic N) is 1. The van der Waals surface area contributed by atoms with E-state index in [0.717, 1.165) is 41.5 Å². The number of hydrogen-bond donors (Lipinski definition) is 2. The summed E-state index contributed by atoms with van der Waals surface area (Å²) in [5.74, 6) is -1.59. The fourth-order valence-corrected chi connectivity index (χ4v) is 5.50. The van der Waals surface area contributed by atoms with Crippen LogP contribution in [0.2, 0.25) is 0 Å². The van der Waals surface area contributed by atoms with Gasteiger partial charge in [0, 0.05) is 19.0 Å². The quantitative estimate of drug-likeness (QED) is 0.676. The van der Waals surface area contributed by atoms with Crippen LogP contribution in [0.3, 0.4) is 0 Å². The van der Waals surface area contributed by atoms with Crippen molar-refractivity contribution in [2.75, 3.05) is 19.7 Å². The van der Waals surface area contributed by atoms with Gasteiger partial charge in [0.2, 0.25) is 5.91 Å². The highest BCUT2D eigenvalue weighted by atomic mass is 16.5. The topological polar surface area (TPSA) is 95.9 Å². The van der Waals surface area contributed by atoms with Crippen molar-refractivity contribution in [3.63, 3.8) is 0 Å². The first-order valence-electron chi connectivity index (χ1n) is 12.2. The Bertz CT molecular complexity index is 1050. The van der Waals surface area contributed by atoms with Gasteiger partial charge in [-0.05, 0) is 53.9 Å². The molecule has 7 nitrogen and oxygen atoms in total. The molecular formula is C27H30N2O5. The summed E-state index contributed by atoms with van der Waals surface area (Å²) in [5.41, 5.74) is 4.59. The highest BCUT2D eigenvalue weighted by molar-refractivity contribution is 5.87. The number of likely N-dealkylation sites (tertiary alicyclic amines) is 1. The lowest BCUT2D eigenvalue weighted by Gasteiger charge is -2.38. The normalized spacial score (nSPS) is 20.6. The zero-order chi connectivity index (χ0) is 23.7. The molecule has 2 amide bonds. The standard InChI is InChI=1S/C27H30N2O5/c30-25(29-14-6-9-18(15-29)26(31)32)24(17-7-5-8-17)28-27(33)34-16-23-21-12-3-1-10-19(21)20-11-2-4-13-22(20)23/h1-4,10-13,17-18,23-24H,5-9,14-16H2,(H,28,33)(H,31,32)/t18-,24?/m1/s1. The summed E-state index contributed by atoms with van der Waals surface area (Å²) >= 11 is 0. The van der Waals surface area contributed by atoms with Gasteiger partial charge in [0.15, 0.2) is 0 Å². The van der Waals surface area contributed by atoms with E-state index in [1.807, 2.05) is 24.3 Å². The molecule has 2 fully saturated rings. The zero-order valence-corrected chi connectivity index (χ0v) is 19.1. The van der Waals surface area contributed by atoms with Crippen LogP contribution in [0.5, 0.6) is 0 Å². The predicted octanol–water partition coefficient (Wildman–Crippen LogP) is 4.02. The minimum Gasteiger partial charge on any atom is -0.481 e. The molecule has 0 spiro atoms. The second kappa shape index (κ2) is 9.49. The van der Waals surface area contributed by atoms with Gasteiger partial charge in [-0.25, -0.2) is 4.79 Å². The van der Waals surface area contributed by atoms with Crippen LogP contribution in [0.25, 0.3) is 11.1 Å². The predicted molar refractivity (Wildman–Crippen MR) is 126 cm³/mol. The highest BCUT2D eigenvalue weighted by Crippen LogP contribution is 2.44. The second-order valence-electron chi connectivity index (χ2n) is 9.60. The molecule has 2 aliphatic carbocycles. The summed E-state index contributed by atoms with van der Waals surface area (Å²) in [5, 5.41) is 12.2. The minimum atomic E-state index is -0.873. The molecule has 2 atom stereocenters. The monoisotopic (exact) mass is 462 g/mol. The summed E-state index contributed by atoms with van der Waals surface area (Å²) in [4.78, 5) is 39.2. The number of piperidine rings is 1. The van der Waals surface area contributed by atoms with E-state index in [2.05, 4.69) is 29.6 Å². The Hall–Kier alpha value is -3.35. The van der Waals surface area contributed by atoms with E-state index in [0.29, 0.717) is 19.4 Å².